The number of hydrogen-bond acceptors (Lipinski definition) is 3. The van der Waals surface area contributed by atoms with E-state index in [1.54, 1.807) is 0 Å². The van der Waals surface area contributed by atoms with Gasteiger partial charge in [0, 0.05) is 35.1 Å². The fraction of sp³-hybridized carbons (Fsp3) is 0.818. The molecule has 2 aliphatic rings. The number of nitrogens with one attached hydrogen (secondary N) is 1. The van der Waals surface area contributed by atoms with E-state index in [0.29, 0.717) is 6.04 Å². The number of thioether (sulfide) groups is 2. The molecular formula is C11H19NS2. The normalized spacial score (nSPS) is 30.1. The van der Waals surface area contributed by atoms with Crippen molar-refractivity contribution >= 4 is 23.5 Å². The molecule has 80 valence electrons. The lowest BCUT2D eigenvalue weighted by atomic mass is 10.0. The van der Waals surface area contributed by atoms with Crippen molar-refractivity contribution in [3.8, 4) is 0 Å². The van der Waals surface area contributed by atoms with Gasteiger partial charge in [0.15, 0.2) is 0 Å². The predicted molar refractivity (Wildman–Crippen MR) is 68.4 cm³/mol. The molecule has 1 saturated heterocycles. The van der Waals surface area contributed by atoms with E-state index in [-0.39, 0.29) is 0 Å². The van der Waals surface area contributed by atoms with Crippen molar-refractivity contribution in [3.05, 3.63) is 12.2 Å². The number of rotatable bonds is 2. The Morgan fingerprint density at radius 1 is 1.14 bits per heavy atom. The molecule has 0 aromatic carbocycles. The maximum absolute atomic E-state index is 3.77. The molecule has 1 unspecified atom stereocenters. The van der Waals surface area contributed by atoms with E-state index >= 15 is 0 Å². The van der Waals surface area contributed by atoms with Gasteiger partial charge in [-0.1, -0.05) is 12.2 Å². The minimum atomic E-state index is 0.660. The summed E-state index contributed by atoms with van der Waals surface area (Å²) >= 11 is 4.21. The summed E-state index contributed by atoms with van der Waals surface area (Å²) in [5.74, 6) is 5.28. The predicted octanol–water partition coefficient (Wildman–Crippen LogP) is 2.53. The smallest absolute Gasteiger partial charge is 0.0254 e. The van der Waals surface area contributed by atoms with Crippen molar-refractivity contribution in [2.45, 2.75) is 31.3 Å². The molecule has 0 spiro atoms. The van der Waals surface area contributed by atoms with Gasteiger partial charge in [0.1, 0.15) is 0 Å². The van der Waals surface area contributed by atoms with Crippen molar-refractivity contribution in [1.82, 2.24) is 5.32 Å². The Balaban J connectivity index is 1.76. The van der Waals surface area contributed by atoms with E-state index in [4.69, 9.17) is 0 Å². The van der Waals surface area contributed by atoms with Gasteiger partial charge >= 0.3 is 0 Å². The summed E-state index contributed by atoms with van der Waals surface area (Å²) < 4.78 is 0. The monoisotopic (exact) mass is 229 g/mol. The molecule has 0 aromatic heterocycles. The van der Waals surface area contributed by atoms with Crippen molar-refractivity contribution < 1.29 is 0 Å². The average molecular weight is 229 g/mol. The van der Waals surface area contributed by atoms with Crippen molar-refractivity contribution in [2.24, 2.45) is 0 Å². The first-order valence-corrected chi connectivity index (χ1v) is 7.84. The summed E-state index contributed by atoms with van der Waals surface area (Å²) in [4.78, 5) is 0. The second-order valence-corrected chi connectivity index (χ2v) is 6.28. The second-order valence-electron chi connectivity index (χ2n) is 3.98. The van der Waals surface area contributed by atoms with Gasteiger partial charge in [0.05, 0.1) is 0 Å². The molecule has 1 aliphatic heterocycles. The molecule has 3 heteroatoms. The minimum Gasteiger partial charge on any atom is -0.306 e. The van der Waals surface area contributed by atoms with Gasteiger partial charge in [-0.15, -0.1) is 0 Å². The summed E-state index contributed by atoms with van der Waals surface area (Å²) in [6, 6.07) is 1.40. The van der Waals surface area contributed by atoms with Crippen LogP contribution in [0.15, 0.2) is 12.2 Å². The van der Waals surface area contributed by atoms with Crippen LogP contribution in [0.3, 0.4) is 0 Å². The SMILES string of the molecule is C1=CC(NC2CSCCSC2)CCC1. The second kappa shape index (κ2) is 6.09. The zero-order chi connectivity index (χ0) is 9.64. The molecule has 1 nitrogen and oxygen atoms in total. The average Bonchev–Trinajstić information content (AvgIpc) is 2.48. The van der Waals surface area contributed by atoms with Crippen LogP contribution in [0.4, 0.5) is 0 Å². The van der Waals surface area contributed by atoms with Crippen molar-refractivity contribution in [1.29, 1.82) is 0 Å². The third kappa shape index (κ3) is 3.52. The molecule has 1 N–H and O–H groups in total. The molecule has 0 saturated carbocycles. The minimum absolute atomic E-state index is 0.660. The Labute approximate surface area is 95.5 Å². The van der Waals surface area contributed by atoms with Crippen molar-refractivity contribution in [2.75, 3.05) is 23.0 Å². The standard InChI is InChI=1S/C11H19NS2/c1-2-4-10(5-3-1)12-11-8-13-6-7-14-9-11/h2,4,10-12H,1,3,5-9H2. The van der Waals surface area contributed by atoms with Crippen LogP contribution in [-0.2, 0) is 0 Å². The van der Waals surface area contributed by atoms with Gasteiger partial charge in [-0.25, -0.2) is 0 Å². The summed E-state index contributed by atoms with van der Waals surface area (Å²) in [6.07, 6.45) is 8.68. The highest BCUT2D eigenvalue weighted by Gasteiger charge is 2.16. The van der Waals surface area contributed by atoms with E-state index in [0.717, 1.165) is 6.04 Å². The fourth-order valence-corrected chi connectivity index (χ4v) is 4.39. The third-order valence-electron chi connectivity index (χ3n) is 2.71. The molecule has 1 heterocycles. The molecule has 0 amide bonds. The highest BCUT2D eigenvalue weighted by molar-refractivity contribution is 8.03. The number of allylic oxidation sites excluding steroid dienone is 1. The molecule has 0 radical (unpaired) electrons. The van der Waals surface area contributed by atoms with Crippen LogP contribution >= 0.6 is 23.5 Å². The quantitative estimate of drug-likeness (QED) is 0.731. The Morgan fingerprint density at radius 2 is 1.93 bits per heavy atom. The Hall–Kier alpha value is 0.400. The van der Waals surface area contributed by atoms with Crippen LogP contribution in [-0.4, -0.2) is 35.1 Å². The van der Waals surface area contributed by atoms with Gasteiger partial charge in [-0.3, -0.25) is 0 Å². The summed E-state index contributed by atoms with van der Waals surface area (Å²) in [5, 5.41) is 3.77. The van der Waals surface area contributed by atoms with E-state index < -0.39 is 0 Å². The van der Waals surface area contributed by atoms with Gasteiger partial charge in [0.25, 0.3) is 0 Å². The van der Waals surface area contributed by atoms with Crippen LogP contribution < -0.4 is 5.32 Å². The lowest BCUT2D eigenvalue weighted by Crippen LogP contribution is -2.40. The zero-order valence-corrected chi connectivity index (χ0v) is 10.2. The lowest BCUT2D eigenvalue weighted by Gasteiger charge is -2.24. The van der Waals surface area contributed by atoms with Gasteiger partial charge in [0.2, 0.25) is 0 Å². The van der Waals surface area contributed by atoms with Gasteiger partial charge < -0.3 is 5.32 Å². The first kappa shape index (κ1) is 10.9. The molecule has 1 atom stereocenters. The van der Waals surface area contributed by atoms with Gasteiger partial charge in [-0.05, 0) is 19.3 Å². The Bertz CT molecular complexity index is 186. The maximum Gasteiger partial charge on any atom is 0.0254 e. The largest absolute Gasteiger partial charge is 0.306 e. The van der Waals surface area contributed by atoms with E-state index in [9.17, 15) is 0 Å². The number of hydrogen-bond donors (Lipinski definition) is 1. The van der Waals surface area contributed by atoms with Crippen LogP contribution in [0.2, 0.25) is 0 Å². The highest BCUT2D eigenvalue weighted by atomic mass is 32.2. The summed E-state index contributed by atoms with van der Waals surface area (Å²) in [6.45, 7) is 0. The third-order valence-corrected chi connectivity index (χ3v) is 5.23. The van der Waals surface area contributed by atoms with Gasteiger partial charge in [-0.2, -0.15) is 23.5 Å². The van der Waals surface area contributed by atoms with Crippen LogP contribution in [0.5, 0.6) is 0 Å². The van der Waals surface area contributed by atoms with E-state index in [2.05, 4.69) is 41.0 Å². The topological polar surface area (TPSA) is 12.0 Å². The van der Waals surface area contributed by atoms with Crippen LogP contribution in [0.1, 0.15) is 19.3 Å². The molecule has 1 fully saturated rings. The summed E-state index contributed by atoms with van der Waals surface area (Å²) in [5.41, 5.74) is 0. The molecular weight excluding hydrogens is 210 g/mol. The molecule has 2 rings (SSSR count). The lowest BCUT2D eigenvalue weighted by molar-refractivity contribution is 0.484. The van der Waals surface area contributed by atoms with Crippen LogP contribution in [0, 0.1) is 0 Å². The fourth-order valence-electron chi connectivity index (χ4n) is 1.97. The maximum atomic E-state index is 3.77. The highest BCUT2D eigenvalue weighted by Crippen LogP contribution is 2.18. The first-order valence-electron chi connectivity index (χ1n) is 5.53. The molecule has 14 heavy (non-hydrogen) atoms. The summed E-state index contributed by atoms with van der Waals surface area (Å²) in [7, 11) is 0. The van der Waals surface area contributed by atoms with Crippen LogP contribution in [0.25, 0.3) is 0 Å². The van der Waals surface area contributed by atoms with E-state index in [1.807, 2.05) is 0 Å². The van der Waals surface area contributed by atoms with Crippen molar-refractivity contribution in [3.63, 3.8) is 0 Å². The zero-order valence-electron chi connectivity index (χ0n) is 8.58. The Morgan fingerprint density at radius 3 is 2.57 bits per heavy atom. The molecule has 0 bridgehead atoms. The molecule has 0 aromatic rings. The molecule has 1 aliphatic carbocycles. The van der Waals surface area contributed by atoms with E-state index in [1.165, 1.54) is 42.3 Å². The Kier molecular flexibility index (Phi) is 4.74. The first-order chi connectivity index (χ1) is 6.95.